The maximum atomic E-state index is 13.1. The van der Waals surface area contributed by atoms with Crippen molar-refractivity contribution in [2.75, 3.05) is 10.6 Å². The molecule has 7 heteroatoms. The molecule has 0 aliphatic carbocycles. The number of nitrogens with zero attached hydrogens (tertiary/aromatic N) is 2. The van der Waals surface area contributed by atoms with E-state index in [1.165, 1.54) is 0 Å². The van der Waals surface area contributed by atoms with E-state index in [0.29, 0.717) is 33.1 Å². The topological polar surface area (TPSA) is 76.0 Å². The summed E-state index contributed by atoms with van der Waals surface area (Å²) < 4.78 is 1.55. The molecule has 1 heterocycles. The Balaban J connectivity index is 1.68. The van der Waals surface area contributed by atoms with Crippen molar-refractivity contribution in [1.29, 1.82) is 0 Å². The van der Waals surface area contributed by atoms with Crippen molar-refractivity contribution in [3.63, 3.8) is 0 Å². The molecule has 144 valence electrons. The molecule has 0 bridgehead atoms. The summed E-state index contributed by atoms with van der Waals surface area (Å²) in [6.07, 6.45) is 0. The number of rotatable bonds is 3. The number of carbonyl (C=O) groups is 1. The van der Waals surface area contributed by atoms with Gasteiger partial charge in [-0.15, -0.1) is 0 Å². The van der Waals surface area contributed by atoms with E-state index in [2.05, 4.69) is 15.6 Å². The van der Waals surface area contributed by atoms with Gasteiger partial charge in [-0.25, -0.2) is 9.78 Å². The van der Waals surface area contributed by atoms with Gasteiger partial charge in [0, 0.05) is 5.69 Å². The summed E-state index contributed by atoms with van der Waals surface area (Å²) in [4.78, 5) is 29.9. The first kappa shape index (κ1) is 18.7. The lowest BCUT2D eigenvalue weighted by molar-refractivity contribution is 0.262. The van der Waals surface area contributed by atoms with E-state index in [1.54, 1.807) is 54.0 Å². The zero-order chi connectivity index (χ0) is 20.4. The molecular weight excluding hydrogens is 388 g/mol. The lowest BCUT2D eigenvalue weighted by Crippen LogP contribution is -2.23. The van der Waals surface area contributed by atoms with Gasteiger partial charge in [0.25, 0.3) is 5.56 Å². The molecule has 3 aromatic carbocycles. The monoisotopic (exact) mass is 404 g/mol. The van der Waals surface area contributed by atoms with Crippen LogP contribution in [0.4, 0.5) is 16.2 Å². The molecule has 0 unspecified atom stereocenters. The Kier molecular flexibility index (Phi) is 5.01. The molecule has 6 nitrogen and oxygen atoms in total. The first-order valence-electron chi connectivity index (χ1n) is 8.94. The van der Waals surface area contributed by atoms with Gasteiger partial charge in [0.2, 0.25) is 0 Å². The van der Waals surface area contributed by atoms with Crippen LogP contribution in [0.15, 0.2) is 77.6 Å². The van der Waals surface area contributed by atoms with Gasteiger partial charge in [-0.1, -0.05) is 41.9 Å². The molecule has 2 N–H and O–H groups in total. The van der Waals surface area contributed by atoms with Gasteiger partial charge >= 0.3 is 6.03 Å². The Morgan fingerprint density at radius 1 is 0.966 bits per heavy atom. The molecule has 0 aliphatic heterocycles. The van der Waals surface area contributed by atoms with Gasteiger partial charge in [-0.2, -0.15) is 0 Å². The predicted octanol–water partition coefficient (Wildman–Crippen LogP) is 4.99. The molecule has 0 saturated heterocycles. The first-order chi connectivity index (χ1) is 14.0. The number of hydrogen-bond donors (Lipinski definition) is 2. The third-order valence-electron chi connectivity index (χ3n) is 4.43. The number of para-hydroxylation sites is 2. The smallest absolute Gasteiger partial charge is 0.308 e. The molecule has 0 radical (unpaired) electrons. The van der Waals surface area contributed by atoms with E-state index in [0.717, 1.165) is 5.69 Å². The summed E-state index contributed by atoms with van der Waals surface area (Å²) in [5, 5.41) is 6.26. The van der Waals surface area contributed by atoms with Crippen molar-refractivity contribution in [3.8, 4) is 5.69 Å². The summed E-state index contributed by atoms with van der Waals surface area (Å²) in [6.45, 7) is 1.79. The highest BCUT2D eigenvalue weighted by Crippen LogP contribution is 2.21. The first-order valence-corrected chi connectivity index (χ1v) is 9.32. The van der Waals surface area contributed by atoms with E-state index in [-0.39, 0.29) is 5.56 Å². The number of halogens is 1. The zero-order valence-corrected chi connectivity index (χ0v) is 16.3. The van der Waals surface area contributed by atoms with Gasteiger partial charge in [0.15, 0.2) is 0 Å². The summed E-state index contributed by atoms with van der Waals surface area (Å²) in [5.41, 5.74) is 2.07. The van der Waals surface area contributed by atoms with Crippen LogP contribution in [-0.4, -0.2) is 15.6 Å². The summed E-state index contributed by atoms with van der Waals surface area (Å²) in [6, 6.07) is 20.8. The van der Waals surface area contributed by atoms with Crippen LogP contribution >= 0.6 is 11.6 Å². The van der Waals surface area contributed by atoms with E-state index in [1.807, 2.05) is 30.3 Å². The van der Waals surface area contributed by atoms with Crippen LogP contribution in [0, 0.1) is 6.92 Å². The molecule has 0 fully saturated rings. The molecule has 0 saturated carbocycles. The number of amides is 2. The quantitative estimate of drug-likeness (QED) is 0.505. The number of benzene rings is 3. The number of fused-ring (bicyclic) bond motifs is 1. The fraction of sp³-hybridized carbons (Fsp3) is 0.0455. The average Bonchev–Trinajstić information content (AvgIpc) is 2.71. The van der Waals surface area contributed by atoms with Crippen LogP contribution in [0.25, 0.3) is 16.6 Å². The number of anilines is 2. The van der Waals surface area contributed by atoms with E-state index in [4.69, 9.17) is 11.6 Å². The third kappa shape index (κ3) is 3.83. The van der Waals surface area contributed by atoms with Crippen molar-refractivity contribution in [2.24, 2.45) is 0 Å². The number of aromatic nitrogens is 2. The van der Waals surface area contributed by atoms with Crippen molar-refractivity contribution < 1.29 is 4.79 Å². The van der Waals surface area contributed by atoms with Crippen LogP contribution in [0.2, 0.25) is 5.02 Å². The third-order valence-corrected chi connectivity index (χ3v) is 4.76. The van der Waals surface area contributed by atoms with E-state index in [9.17, 15) is 9.59 Å². The Hall–Kier alpha value is -3.64. The molecule has 0 spiro atoms. The maximum absolute atomic E-state index is 13.1. The standard InChI is InChI=1S/C22H17ClN4O2/c1-14-24-19-12-11-15(25-22(29)26-20-10-6-5-9-18(20)23)13-17(19)21(28)27(14)16-7-3-2-4-8-16/h2-13H,1H3,(H2,25,26,29). The highest BCUT2D eigenvalue weighted by molar-refractivity contribution is 6.33. The van der Waals surface area contributed by atoms with Crippen molar-refractivity contribution in [2.45, 2.75) is 6.92 Å². The molecule has 0 atom stereocenters. The normalized spacial score (nSPS) is 10.7. The van der Waals surface area contributed by atoms with Crippen LogP contribution in [-0.2, 0) is 0 Å². The lowest BCUT2D eigenvalue weighted by Gasteiger charge is -2.12. The minimum absolute atomic E-state index is 0.200. The number of hydrogen-bond acceptors (Lipinski definition) is 3. The Bertz CT molecular complexity index is 1270. The molecule has 4 rings (SSSR count). The summed E-state index contributed by atoms with van der Waals surface area (Å²) >= 11 is 6.07. The lowest BCUT2D eigenvalue weighted by atomic mass is 10.2. The van der Waals surface area contributed by atoms with E-state index >= 15 is 0 Å². The van der Waals surface area contributed by atoms with Gasteiger partial charge in [0.05, 0.1) is 27.3 Å². The van der Waals surface area contributed by atoms with Crippen LogP contribution in [0.5, 0.6) is 0 Å². The molecular formula is C22H17ClN4O2. The van der Waals surface area contributed by atoms with Gasteiger partial charge in [-0.3, -0.25) is 9.36 Å². The fourth-order valence-electron chi connectivity index (χ4n) is 3.10. The van der Waals surface area contributed by atoms with Crippen molar-refractivity contribution in [1.82, 2.24) is 9.55 Å². The largest absolute Gasteiger partial charge is 0.323 e. The van der Waals surface area contributed by atoms with E-state index < -0.39 is 6.03 Å². The second kappa shape index (κ2) is 7.77. The van der Waals surface area contributed by atoms with Gasteiger partial charge in [-0.05, 0) is 49.4 Å². The second-order valence-corrected chi connectivity index (χ2v) is 6.83. The second-order valence-electron chi connectivity index (χ2n) is 6.43. The zero-order valence-electron chi connectivity index (χ0n) is 15.5. The Morgan fingerprint density at radius 2 is 1.69 bits per heavy atom. The number of carbonyl (C=O) groups excluding carboxylic acids is 1. The van der Waals surface area contributed by atoms with Crippen LogP contribution in [0.1, 0.15) is 5.82 Å². The Morgan fingerprint density at radius 3 is 2.45 bits per heavy atom. The highest BCUT2D eigenvalue weighted by atomic mass is 35.5. The van der Waals surface area contributed by atoms with Gasteiger partial charge in [0.1, 0.15) is 5.82 Å². The number of urea groups is 1. The minimum Gasteiger partial charge on any atom is -0.308 e. The Labute approximate surface area is 171 Å². The van der Waals surface area contributed by atoms with Crippen molar-refractivity contribution in [3.05, 3.63) is 94.0 Å². The summed E-state index contributed by atoms with van der Waals surface area (Å²) in [7, 11) is 0. The molecule has 4 aromatic rings. The maximum Gasteiger partial charge on any atom is 0.323 e. The molecule has 29 heavy (non-hydrogen) atoms. The summed E-state index contributed by atoms with van der Waals surface area (Å²) in [5.74, 6) is 0.589. The minimum atomic E-state index is -0.457. The number of nitrogens with one attached hydrogen (secondary N) is 2. The SMILES string of the molecule is Cc1nc2ccc(NC(=O)Nc3ccccc3Cl)cc2c(=O)n1-c1ccccc1. The van der Waals surface area contributed by atoms with Crippen LogP contribution in [0.3, 0.4) is 0 Å². The molecule has 2 amide bonds. The average molecular weight is 405 g/mol. The fourth-order valence-corrected chi connectivity index (χ4v) is 3.29. The van der Waals surface area contributed by atoms with Gasteiger partial charge < -0.3 is 10.6 Å². The molecule has 0 aliphatic rings. The number of aryl methyl sites for hydroxylation is 1. The predicted molar refractivity (Wildman–Crippen MR) is 116 cm³/mol. The molecule has 1 aromatic heterocycles. The van der Waals surface area contributed by atoms with Crippen LogP contribution < -0.4 is 16.2 Å². The van der Waals surface area contributed by atoms with Crippen molar-refractivity contribution >= 4 is 39.9 Å². The highest BCUT2D eigenvalue weighted by Gasteiger charge is 2.12.